The van der Waals surface area contributed by atoms with E-state index in [4.69, 9.17) is 9.15 Å². The summed E-state index contributed by atoms with van der Waals surface area (Å²) >= 11 is 1.55. The average molecular weight is 373 g/mol. The summed E-state index contributed by atoms with van der Waals surface area (Å²) in [5.74, 6) is 1.69. The van der Waals surface area contributed by atoms with Crippen LogP contribution in [0.2, 0.25) is 0 Å². The second-order valence-corrected chi connectivity index (χ2v) is 6.89. The van der Waals surface area contributed by atoms with Gasteiger partial charge in [0.1, 0.15) is 5.75 Å². The summed E-state index contributed by atoms with van der Waals surface area (Å²) in [4.78, 5) is 14.2. The van der Waals surface area contributed by atoms with Gasteiger partial charge in [0.05, 0.1) is 19.0 Å². The predicted octanol–water partition coefficient (Wildman–Crippen LogP) is 2.02. The molecule has 2 atom stereocenters. The standard InChI is InChI=1S/C18H20N4O3S/c1-12(17-20-21-18(25-17)15-5-4-10-26-15)22(2)11-16(23)19-13-6-8-14(24-3)9-7-13/h4-10,12H,11H2,1-3H3,(H,19,23)/p+1/t12-/m1/s1. The Kier molecular flexibility index (Phi) is 5.65. The topological polar surface area (TPSA) is 81.7 Å². The number of aromatic nitrogens is 2. The minimum Gasteiger partial charge on any atom is -0.497 e. The van der Waals surface area contributed by atoms with Gasteiger partial charge >= 0.3 is 0 Å². The molecule has 1 amide bonds. The molecule has 0 aliphatic heterocycles. The zero-order valence-electron chi connectivity index (χ0n) is 14.9. The van der Waals surface area contributed by atoms with Gasteiger partial charge in [0, 0.05) is 5.69 Å². The highest BCUT2D eigenvalue weighted by Gasteiger charge is 2.24. The molecular formula is C18H21N4O3S+. The van der Waals surface area contributed by atoms with Gasteiger partial charge in [0.25, 0.3) is 17.7 Å². The molecule has 2 heterocycles. The van der Waals surface area contributed by atoms with Crippen molar-refractivity contribution < 1.29 is 18.8 Å². The van der Waals surface area contributed by atoms with Gasteiger partial charge in [-0.05, 0) is 42.6 Å². The third-order valence-electron chi connectivity index (χ3n) is 4.10. The summed E-state index contributed by atoms with van der Waals surface area (Å²) in [6.07, 6.45) is 0. The number of thiophene rings is 1. The molecule has 0 fully saturated rings. The molecule has 0 aliphatic carbocycles. The lowest BCUT2D eigenvalue weighted by Crippen LogP contribution is -3.10. The number of amides is 1. The van der Waals surface area contributed by atoms with E-state index in [0.29, 0.717) is 11.8 Å². The Morgan fingerprint density at radius 3 is 2.73 bits per heavy atom. The fourth-order valence-electron chi connectivity index (χ4n) is 2.41. The van der Waals surface area contributed by atoms with Crippen LogP contribution in [0.3, 0.4) is 0 Å². The highest BCUT2D eigenvalue weighted by atomic mass is 32.1. The molecule has 2 aromatic heterocycles. The molecule has 0 saturated heterocycles. The van der Waals surface area contributed by atoms with Gasteiger partial charge < -0.3 is 19.4 Å². The smallest absolute Gasteiger partial charge is 0.279 e. The van der Waals surface area contributed by atoms with E-state index in [1.807, 2.05) is 31.5 Å². The molecule has 0 saturated carbocycles. The number of carbonyl (C=O) groups is 1. The lowest BCUT2D eigenvalue weighted by Gasteiger charge is -2.18. The Morgan fingerprint density at radius 2 is 2.08 bits per heavy atom. The van der Waals surface area contributed by atoms with Gasteiger partial charge in [0.15, 0.2) is 12.6 Å². The number of carbonyl (C=O) groups excluding carboxylic acids is 1. The average Bonchev–Trinajstić information content (AvgIpc) is 3.33. The SMILES string of the molecule is COc1ccc(NC(=O)C[NH+](C)[C@H](C)c2nnc(-c3cccs3)o2)cc1. The zero-order valence-corrected chi connectivity index (χ0v) is 15.7. The van der Waals surface area contributed by atoms with Crippen LogP contribution >= 0.6 is 11.3 Å². The second kappa shape index (κ2) is 8.11. The van der Waals surface area contributed by atoms with E-state index < -0.39 is 0 Å². The highest BCUT2D eigenvalue weighted by molar-refractivity contribution is 7.13. The molecule has 1 aromatic carbocycles. The lowest BCUT2D eigenvalue weighted by atomic mass is 10.2. The largest absolute Gasteiger partial charge is 0.497 e. The van der Waals surface area contributed by atoms with Crippen molar-refractivity contribution in [2.24, 2.45) is 0 Å². The first kappa shape index (κ1) is 18.1. The summed E-state index contributed by atoms with van der Waals surface area (Å²) in [5, 5.41) is 13.1. The Morgan fingerprint density at radius 1 is 1.31 bits per heavy atom. The Balaban J connectivity index is 1.58. The van der Waals surface area contributed by atoms with Crippen LogP contribution in [0, 0.1) is 0 Å². The summed E-state index contributed by atoms with van der Waals surface area (Å²) in [7, 11) is 3.53. The van der Waals surface area contributed by atoms with Crippen molar-refractivity contribution in [1.29, 1.82) is 0 Å². The van der Waals surface area contributed by atoms with Crippen molar-refractivity contribution in [1.82, 2.24) is 10.2 Å². The maximum absolute atomic E-state index is 12.3. The molecule has 26 heavy (non-hydrogen) atoms. The van der Waals surface area contributed by atoms with E-state index in [9.17, 15) is 4.79 Å². The van der Waals surface area contributed by atoms with Crippen molar-refractivity contribution >= 4 is 22.9 Å². The van der Waals surface area contributed by atoms with E-state index >= 15 is 0 Å². The number of hydrogen-bond acceptors (Lipinski definition) is 6. The molecular weight excluding hydrogens is 352 g/mol. The summed E-state index contributed by atoms with van der Waals surface area (Å²) < 4.78 is 10.9. The van der Waals surface area contributed by atoms with E-state index in [1.54, 1.807) is 42.7 Å². The number of likely N-dealkylation sites (N-methyl/N-ethyl adjacent to an activating group) is 1. The number of benzene rings is 1. The van der Waals surface area contributed by atoms with Crippen molar-refractivity contribution in [3.63, 3.8) is 0 Å². The number of nitrogens with zero attached hydrogens (tertiary/aromatic N) is 2. The molecule has 3 rings (SSSR count). The first-order chi connectivity index (χ1) is 12.6. The summed E-state index contributed by atoms with van der Waals surface area (Å²) in [6.45, 7) is 2.24. The van der Waals surface area contributed by atoms with Crippen molar-refractivity contribution in [2.75, 3.05) is 26.0 Å². The van der Waals surface area contributed by atoms with E-state index in [2.05, 4.69) is 15.5 Å². The van der Waals surface area contributed by atoms with Crippen molar-refractivity contribution in [2.45, 2.75) is 13.0 Å². The zero-order chi connectivity index (χ0) is 18.5. The predicted molar refractivity (Wildman–Crippen MR) is 99.4 cm³/mol. The third kappa shape index (κ3) is 4.27. The van der Waals surface area contributed by atoms with Crippen LogP contribution in [-0.2, 0) is 4.79 Å². The molecule has 8 heteroatoms. The summed E-state index contributed by atoms with van der Waals surface area (Å²) in [6, 6.07) is 11.0. The number of methoxy groups -OCH3 is 1. The number of rotatable bonds is 7. The van der Waals surface area contributed by atoms with Gasteiger partial charge in [-0.25, -0.2) is 0 Å². The van der Waals surface area contributed by atoms with Gasteiger partial charge in [-0.1, -0.05) is 6.07 Å². The molecule has 0 aliphatic rings. The fourth-order valence-corrected chi connectivity index (χ4v) is 3.05. The van der Waals surface area contributed by atoms with E-state index in [0.717, 1.165) is 21.2 Å². The monoisotopic (exact) mass is 373 g/mol. The number of anilines is 1. The first-order valence-electron chi connectivity index (χ1n) is 8.20. The Labute approximate surface area is 155 Å². The lowest BCUT2D eigenvalue weighted by molar-refractivity contribution is -0.903. The minimum atomic E-state index is -0.0992. The summed E-state index contributed by atoms with van der Waals surface area (Å²) in [5.41, 5.74) is 0.731. The van der Waals surface area contributed by atoms with Gasteiger partial charge in [-0.15, -0.1) is 21.5 Å². The van der Waals surface area contributed by atoms with Crippen LogP contribution in [0.1, 0.15) is 18.9 Å². The number of nitrogens with one attached hydrogen (secondary N) is 2. The quantitative estimate of drug-likeness (QED) is 0.662. The minimum absolute atomic E-state index is 0.0856. The highest BCUT2D eigenvalue weighted by Crippen LogP contribution is 2.24. The Bertz CT molecular complexity index is 846. The third-order valence-corrected chi connectivity index (χ3v) is 4.95. The van der Waals surface area contributed by atoms with Gasteiger partial charge in [0.2, 0.25) is 0 Å². The molecule has 136 valence electrons. The number of quaternary nitrogens is 1. The molecule has 2 N–H and O–H groups in total. The van der Waals surface area contributed by atoms with E-state index in [1.165, 1.54) is 0 Å². The molecule has 0 spiro atoms. The second-order valence-electron chi connectivity index (χ2n) is 5.94. The Hall–Kier alpha value is -2.71. The molecule has 0 bridgehead atoms. The fraction of sp³-hybridized carbons (Fsp3) is 0.278. The number of hydrogen-bond donors (Lipinski definition) is 2. The van der Waals surface area contributed by atoms with Crippen LogP contribution in [-0.4, -0.2) is 36.8 Å². The van der Waals surface area contributed by atoms with E-state index in [-0.39, 0.29) is 18.5 Å². The molecule has 1 unspecified atom stereocenters. The normalized spacial score (nSPS) is 13.2. The van der Waals surface area contributed by atoms with Crippen molar-refractivity contribution in [3.05, 3.63) is 47.7 Å². The maximum atomic E-state index is 12.3. The van der Waals surface area contributed by atoms with Crippen molar-refractivity contribution in [3.8, 4) is 16.5 Å². The van der Waals surface area contributed by atoms with Gasteiger partial charge in [-0.3, -0.25) is 4.79 Å². The maximum Gasteiger partial charge on any atom is 0.279 e. The van der Waals surface area contributed by atoms with Crippen LogP contribution in [0.4, 0.5) is 5.69 Å². The first-order valence-corrected chi connectivity index (χ1v) is 9.08. The van der Waals surface area contributed by atoms with Gasteiger partial charge in [-0.2, -0.15) is 0 Å². The molecule has 7 nitrogen and oxygen atoms in total. The van der Waals surface area contributed by atoms with Crippen LogP contribution in [0.15, 0.2) is 46.2 Å². The number of ether oxygens (including phenoxy) is 1. The van der Waals surface area contributed by atoms with Crippen LogP contribution in [0.5, 0.6) is 5.75 Å². The van der Waals surface area contributed by atoms with Crippen LogP contribution < -0.4 is 15.0 Å². The van der Waals surface area contributed by atoms with Crippen LogP contribution in [0.25, 0.3) is 10.8 Å². The molecule has 3 aromatic rings. The molecule has 0 radical (unpaired) electrons.